The van der Waals surface area contributed by atoms with Gasteiger partial charge in [0.2, 0.25) is 5.91 Å². The molecule has 0 aromatic heterocycles. The Morgan fingerprint density at radius 2 is 1.86 bits per heavy atom. The predicted molar refractivity (Wildman–Crippen MR) is 144 cm³/mol. The maximum Gasteiger partial charge on any atom is 0.236 e. The third-order valence-electron chi connectivity index (χ3n) is 6.72. The highest BCUT2D eigenvalue weighted by Crippen LogP contribution is 2.52. The molecule has 0 saturated carbocycles. The molecule has 1 fully saturated rings. The van der Waals surface area contributed by atoms with Gasteiger partial charge in [-0.05, 0) is 75.5 Å². The second-order valence-electron chi connectivity index (χ2n) is 9.06. The Kier molecular flexibility index (Phi) is 6.22. The Bertz CT molecular complexity index is 1300. The smallest absolute Gasteiger partial charge is 0.236 e. The van der Waals surface area contributed by atoms with Crippen LogP contribution in [0.2, 0.25) is 0 Å². The van der Waals surface area contributed by atoms with Crippen molar-refractivity contribution in [3.63, 3.8) is 0 Å². The van der Waals surface area contributed by atoms with Gasteiger partial charge in [0.05, 0.1) is 19.8 Å². The summed E-state index contributed by atoms with van der Waals surface area (Å²) in [5.74, 6) is 1.14. The number of hydrogen-bond donors (Lipinski definition) is 2. The number of amides is 1. The van der Waals surface area contributed by atoms with Gasteiger partial charge in [-0.3, -0.25) is 9.69 Å². The lowest BCUT2D eigenvalue weighted by atomic mass is 9.78. The maximum atomic E-state index is 13.9. The Hall–Kier alpha value is -3.78. The van der Waals surface area contributed by atoms with Crippen LogP contribution in [0.5, 0.6) is 17.2 Å². The molecule has 2 heterocycles. The van der Waals surface area contributed by atoms with Crippen molar-refractivity contribution in [1.82, 2.24) is 5.32 Å². The number of hydrogen-bond acceptors (Lipinski definition) is 5. The van der Waals surface area contributed by atoms with E-state index >= 15 is 0 Å². The van der Waals surface area contributed by atoms with Crippen LogP contribution in [0.25, 0.3) is 0 Å². The van der Waals surface area contributed by atoms with Gasteiger partial charge in [0, 0.05) is 16.9 Å². The zero-order valence-corrected chi connectivity index (χ0v) is 21.5. The van der Waals surface area contributed by atoms with Crippen molar-refractivity contribution in [3.05, 3.63) is 77.9 Å². The number of ether oxygens (including phenoxy) is 3. The van der Waals surface area contributed by atoms with Crippen molar-refractivity contribution in [2.45, 2.75) is 32.5 Å². The molecule has 8 heteroatoms. The van der Waals surface area contributed by atoms with Gasteiger partial charge in [0.25, 0.3) is 0 Å². The van der Waals surface area contributed by atoms with Crippen molar-refractivity contribution in [2.75, 3.05) is 23.9 Å². The Morgan fingerprint density at radius 3 is 2.53 bits per heavy atom. The molecule has 186 valence electrons. The molecule has 2 bridgehead atoms. The first kappa shape index (κ1) is 23.9. The number of thiocarbonyl (C=S) groups is 1. The SMILES string of the molecule is CCOc1cccc2c1O[C@@]1(C)[C@@H](C(=O)Nc3ccc(OC)cc3)[C@H]2NC(=S)N1c1ccc(C)cc1. The number of methoxy groups -OCH3 is 1. The molecule has 3 atom stereocenters. The average molecular weight is 504 g/mol. The third-order valence-corrected chi connectivity index (χ3v) is 7.02. The normalized spacial score (nSPS) is 22.1. The summed E-state index contributed by atoms with van der Waals surface area (Å²) < 4.78 is 17.9. The summed E-state index contributed by atoms with van der Waals surface area (Å²) in [6.07, 6.45) is 0. The van der Waals surface area contributed by atoms with E-state index in [2.05, 4.69) is 10.6 Å². The van der Waals surface area contributed by atoms with Gasteiger partial charge < -0.3 is 24.8 Å². The summed E-state index contributed by atoms with van der Waals surface area (Å²) in [4.78, 5) is 15.8. The summed E-state index contributed by atoms with van der Waals surface area (Å²) in [7, 11) is 1.61. The first-order valence-electron chi connectivity index (χ1n) is 11.9. The minimum atomic E-state index is -1.13. The summed E-state index contributed by atoms with van der Waals surface area (Å²) in [6, 6.07) is 20.6. The van der Waals surface area contributed by atoms with Crippen LogP contribution in [0.3, 0.4) is 0 Å². The number of rotatable bonds is 6. The zero-order valence-electron chi connectivity index (χ0n) is 20.7. The molecular weight excluding hydrogens is 474 g/mol. The molecule has 1 saturated heterocycles. The van der Waals surface area contributed by atoms with Crippen LogP contribution in [-0.2, 0) is 4.79 Å². The number of anilines is 2. The Labute approximate surface area is 216 Å². The van der Waals surface area contributed by atoms with E-state index in [1.165, 1.54) is 0 Å². The number of aryl methyl sites for hydroxylation is 1. The second kappa shape index (κ2) is 9.35. The first-order chi connectivity index (χ1) is 17.4. The van der Waals surface area contributed by atoms with Crippen molar-refractivity contribution in [1.29, 1.82) is 0 Å². The van der Waals surface area contributed by atoms with Gasteiger partial charge >= 0.3 is 0 Å². The minimum absolute atomic E-state index is 0.188. The van der Waals surface area contributed by atoms with E-state index in [4.69, 9.17) is 26.4 Å². The van der Waals surface area contributed by atoms with E-state index in [-0.39, 0.29) is 5.91 Å². The Morgan fingerprint density at radius 1 is 1.14 bits per heavy atom. The maximum absolute atomic E-state index is 13.9. The van der Waals surface area contributed by atoms with Crippen molar-refractivity contribution in [2.24, 2.45) is 5.92 Å². The van der Waals surface area contributed by atoms with E-state index in [1.54, 1.807) is 7.11 Å². The molecule has 0 radical (unpaired) electrons. The molecule has 5 rings (SSSR count). The van der Waals surface area contributed by atoms with E-state index in [0.29, 0.717) is 34.7 Å². The minimum Gasteiger partial charge on any atom is -0.497 e. The third kappa shape index (κ3) is 4.01. The molecule has 0 unspecified atom stereocenters. The number of nitrogens with zero attached hydrogens (tertiary/aromatic N) is 1. The lowest BCUT2D eigenvalue weighted by molar-refractivity contribution is -0.130. The van der Waals surface area contributed by atoms with Gasteiger partial charge in [-0.15, -0.1) is 0 Å². The quantitative estimate of drug-likeness (QED) is 0.448. The van der Waals surface area contributed by atoms with Gasteiger partial charge in [-0.2, -0.15) is 0 Å². The van der Waals surface area contributed by atoms with Crippen LogP contribution in [0.15, 0.2) is 66.7 Å². The summed E-state index contributed by atoms with van der Waals surface area (Å²) in [5, 5.41) is 7.00. The molecular formula is C28H29N3O4S. The summed E-state index contributed by atoms with van der Waals surface area (Å²) in [5.41, 5.74) is 2.33. The molecule has 2 aliphatic heterocycles. The highest BCUT2D eigenvalue weighted by molar-refractivity contribution is 7.80. The molecule has 1 amide bonds. The standard InChI is InChI=1S/C28H29N3O4S/c1-5-34-22-8-6-7-21-24-23(26(32)29-18-11-15-20(33-4)16-12-18)28(3,35-25(21)22)31(27(36)30-24)19-13-9-17(2)10-14-19/h6-16,23-24H,5H2,1-4H3,(H,29,32)(H,30,36)/t23-,24+,28+/m1/s1. The zero-order chi connectivity index (χ0) is 25.4. The van der Waals surface area contributed by atoms with Crippen molar-refractivity contribution >= 4 is 34.6 Å². The van der Waals surface area contributed by atoms with E-state index in [9.17, 15) is 4.79 Å². The number of nitrogens with one attached hydrogen (secondary N) is 2. The van der Waals surface area contributed by atoms with Crippen molar-refractivity contribution in [3.8, 4) is 17.2 Å². The molecule has 2 aliphatic rings. The molecule has 2 N–H and O–H groups in total. The van der Waals surface area contributed by atoms with Gasteiger partial charge in [0.1, 0.15) is 11.7 Å². The molecule has 0 spiro atoms. The summed E-state index contributed by atoms with van der Waals surface area (Å²) >= 11 is 5.84. The topological polar surface area (TPSA) is 72.1 Å². The van der Waals surface area contributed by atoms with Crippen LogP contribution < -0.4 is 29.7 Å². The lowest BCUT2D eigenvalue weighted by Gasteiger charge is -2.56. The number of carbonyl (C=O) groups is 1. The fourth-order valence-electron chi connectivity index (χ4n) is 5.02. The van der Waals surface area contributed by atoms with Crippen LogP contribution >= 0.6 is 12.2 Å². The fraction of sp³-hybridized carbons (Fsp3) is 0.286. The lowest BCUT2D eigenvalue weighted by Crippen LogP contribution is -2.72. The van der Waals surface area contributed by atoms with E-state index in [0.717, 1.165) is 16.8 Å². The van der Waals surface area contributed by atoms with E-state index in [1.807, 2.05) is 92.4 Å². The number of benzene rings is 3. The van der Waals surface area contributed by atoms with Gasteiger partial charge in [-0.25, -0.2) is 0 Å². The van der Waals surface area contributed by atoms with Crippen LogP contribution in [0.1, 0.15) is 31.0 Å². The largest absolute Gasteiger partial charge is 0.497 e. The molecule has 0 aliphatic carbocycles. The number of para-hydroxylation sites is 1. The van der Waals surface area contributed by atoms with Crippen LogP contribution in [0, 0.1) is 12.8 Å². The molecule has 7 nitrogen and oxygen atoms in total. The Balaban J connectivity index is 1.61. The highest BCUT2D eigenvalue weighted by atomic mass is 32.1. The monoisotopic (exact) mass is 503 g/mol. The summed E-state index contributed by atoms with van der Waals surface area (Å²) in [6.45, 7) is 6.37. The first-order valence-corrected chi connectivity index (χ1v) is 12.3. The predicted octanol–water partition coefficient (Wildman–Crippen LogP) is 5.20. The molecule has 3 aromatic carbocycles. The van der Waals surface area contributed by atoms with Gasteiger partial charge in [0.15, 0.2) is 22.3 Å². The number of fused-ring (bicyclic) bond motifs is 4. The highest BCUT2D eigenvalue weighted by Gasteiger charge is 2.59. The molecule has 36 heavy (non-hydrogen) atoms. The number of carbonyl (C=O) groups excluding carboxylic acids is 1. The van der Waals surface area contributed by atoms with Gasteiger partial charge in [-0.1, -0.05) is 29.8 Å². The molecule has 3 aromatic rings. The average Bonchev–Trinajstić information content (AvgIpc) is 2.86. The van der Waals surface area contributed by atoms with Crippen LogP contribution in [0.4, 0.5) is 11.4 Å². The van der Waals surface area contributed by atoms with Crippen LogP contribution in [-0.4, -0.2) is 30.5 Å². The van der Waals surface area contributed by atoms with E-state index < -0.39 is 17.7 Å². The fourth-order valence-corrected chi connectivity index (χ4v) is 5.43. The van der Waals surface area contributed by atoms with Crippen molar-refractivity contribution < 1.29 is 19.0 Å². The second-order valence-corrected chi connectivity index (χ2v) is 9.44.